The Morgan fingerprint density at radius 2 is 1.55 bits per heavy atom. The molecule has 0 spiro atoms. The number of hydrogen-bond donors (Lipinski definition) is 0. The Labute approximate surface area is 121 Å². The summed E-state index contributed by atoms with van der Waals surface area (Å²) in [6.07, 6.45) is 0. The van der Waals surface area contributed by atoms with E-state index in [1.165, 1.54) is 4.90 Å². The lowest BCUT2D eigenvalue weighted by Gasteiger charge is -2.23. The number of nitrogens with zero attached hydrogens (tertiary/aromatic N) is 1. The molecule has 0 unspecified atom stereocenters. The van der Waals surface area contributed by atoms with Crippen molar-refractivity contribution in [2.45, 2.75) is 13.0 Å². The highest BCUT2D eigenvalue weighted by Crippen LogP contribution is 2.31. The van der Waals surface area contributed by atoms with Crippen LogP contribution in [0.1, 0.15) is 39.2 Å². The molecule has 0 bridgehead atoms. The maximum atomic E-state index is 12.4. The van der Waals surface area contributed by atoms with Gasteiger partial charge < -0.3 is 0 Å². The minimum atomic E-state index is -0.346. The molecule has 3 nitrogen and oxygen atoms in total. The van der Waals surface area contributed by atoms with Crippen LogP contribution in [-0.4, -0.2) is 16.7 Å². The lowest BCUT2D eigenvalue weighted by Crippen LogP contribution is -2.32. The van der Waals surface area contributed by atoms with Crippen LogP contribution in [0.15, 0.2) is 48.5 Å². The van der Waals surface area contributed by atoms with Crippen LogP contribution in [-0.2, 0) is 0 Å². The van der Waals surface area contributed by atoms with Gasteiger partial charge in [0.05, 0.1) is 17.2 Å². The SMILES string of the molecule is C[C@@H](c1cccc(Cl)c1)N1C(=O)c2ccccc2C1=O. The fourth-order valence-electron chi connectivity index (χ4n) is 2.48. The van der Waals surface area contributed by atoms with Crippen molar-refractivity contribution in [3.63, 3.8) is 0 Å². The molecule has 2 aromatic rings. The molecule has 2 aromatic carbocycles. The van der Waals surface area contributed by atoms with Gasteiger partial charge in [-0.25, -0.2) is 0 Å². The molecule has 100 valence electrons. The summed E-state index contributed by atoms with van der Waals surface area (Å²) in [6.45, 7) is 1.83. The van der Waals surface area contributed by atoms with Crippen LogP contribution in [0.2, 0.25) is 5.02 Å². The Hall–Kier alpha value is -2.13. The Bertz CT molecular complexity index is 676. The number of benzene rings is 2. The largest absolute Gasteiger partial charge is 0.269 e. The highest BCUT2D eigenvalue weighted by atomic mass is 35.5. The average molecular weight is 286 g/mol. The van der Waals surface area contributed by atoms with E-state index in [4.69, 9.17) is 11.6 Å². The minimum absolute atomic E-state index is 0.252. The zero-order chi connectivity index (χ0) is 14.3. The summed E-state index contributed by atoms with van der Waals surface area (Å²) in [6, 6.07) is 13.7. The summed E-state index contributed by atoms with van der Waals surface area (Å²) in [5, 5.41) is 0.589. The highest BCUT2D eigenvalue weighted by Gasteiger charge is 2.38. The molecule has 2 amide bonds. The Kier molecular flexibility index (Phi) is 3.07. The van der Waals surface area contributed by atoms with E-state index in [1.807, 2.05) is 19.1 Å². The van der Waals surface area contributed by atoms with Gasteiger partial charge in [-0.2, -0.15) is 0 Å². The van der Waals surface area contributed by atoms with Crippen LogP contribution in [0.4, 0.5) is 0 Å². The molecule has 1 aliphatic rings. The standard InChI is InChI=1S/C16H12ClNO2/c1-10(11-5-4-6-12(17)9-11)18-15(19)13-7-2-3-8-14(13)16(18)20/h2-10H,1H3/t10-/m0/s1. The van der Waals surface area contributed by atoms with Gasteiger partial charge in [0.15, 0.2) is 0 Å². The van der Waals surface area contributed by atoms with Crippen molar-refractivity contribution in [1.82, 2.24) is 4.90 Å². The van der Waals surface area contributed by atoms with Crippen LogP contribution >= 0.6 is 11.6 Å². The molecule has 20 heavy (non-hydrogen) atoms. The van der Waals surface area contributed by atoms with Gasteiger partial charge in [-0.1, -0.05) is 35.9 Å². The monoisotopic (exact) mass is 285 g/mol. The maximum Gasteiger partial charge on any atom is 0.262 e. The Balaban J connectivity index is 2.01. The van der Waals surface area contributed by atoms with Crippen LogP contribution in [0.25, 0.3) is 0 Å². The molecule has 0 saturated carbocycles. The van der Waals surface area contributed by atoms with E-state index < -0.39 is 0 Å². The summed E-state index contributed by atoms with van der Waals surface area (Å²) in [4.78, 5) is 26.0. The maximum absolute atomic E-state index is 12.4. The van der Waals surface area contributed by atoms with Crippen molar-refractivity contribution in [2.24, 2.45) is 0 Å². The average Bonchev–Trinajstić information content (AvgIpc) is 2.71. The first-order valence-corrected chi connectivity index (χ1v) is 6.70. The summed E-state index contributed by atoms with van der Waals surface area (Å²) >= 11 is 5.97. The van der Waals surface area contributed by atoms with Crippen molar-refractivity contribution < 1.29 is 9.59 Å². The van der Waals surface area contributed by atoms with Crippen molar-refractivity contribution in [1.29, 1.82) is 0 Å². The second-order valence-electron chi connectivity index (χ2n) is 4.76. The Morgan fingerprint density at radius 1 is 0.950 bits per heavy atom. The lowest BCUT2D eigenvalue weighted by atomic mass is 10.1. The van der Waals surface area contributed by atoms with E-state index in [1.54, 1.807) is 36.4 Å². The fraction of sp³-hybridized carbons (Fsp3) is 0.125. The topological polar surface area (TPSA) is 37.4 Å². The molecule has 0 aliphatic carbocycles. The highest BCUT2D eigenvalue weighted by molar-refractivity contribution is 6.30. The van der Waals surface area contributed by atoms with E-state index >= 15 is 0 Å². The van der Waals surface area contributed by atoms with Crippen LogP contribution in [0, 0.1) is 0 Å². The Morgan fingerprint density at radius 3 is 2.10 bits per heavy atom. The lowest BCUT2D eigenvalue weighted by molar-refractivity contribution is 0.0595. The van der Waals surface area contributed by atoms with Gasteiger partial charge in [-0.3, -0.25) is 14.5 Å². The quantitative estimate of drug-likeness (QED) is 0.789. The number of carbonyl (C=O) groups is 2. The smallest absolute Gasteiger partial charge is 0.262 e. The van der Waals surface area contributed by atoms with Crippen molar-refractivity contribution in [3.05, 3.63) is 70.2 Å². The first kappa shape index (κ1) is 12.9. The van der Waals surface area contributed by atoms with Crippen molar-refractivity contribution in [3.8, 4) is 0 Å². The second-order valence-corrected chi connectivity index (χ2v) is 5.19. The number of halogens is 1. The van der Waals surface area contributed by atoms with E-state index in [-0.39, 0.29) is 17.9 Å². The van der Waals surface area contributed by atoms with Gasteiger partial charge >= 0.3 is 0 Å². The molecule has 1 atom stereocenters. The van der Waals surface area contributed by atoms with Gasteiger partial charge in [-0.05, 0) is 36.8 Å². The number of imide groups is 1. The minimum Gasteiger partial charge on any atom is -0.269 e. The fourth-order valence-corrected chi connectivity index (χ4v) is 2.67. The van der Waals surface area contributed by atoms with Gasteiger partial charge in [0.1, 0.15) is 0 Å². The van der Waals surface area contributed by atoms with Crippen LogP contribution < -0.4 is 0 Å². The molecule has 1 heterocycles. The molecular weight excluding hydrogens is 274 g/mol. The first-order chi connectivity index (χ1) is 9.59. The number of carbonyl (C=O) groups excluding carboxylic acids is 2. The van der Waals surface area contributed by atoms with E-state index in [0.29, 0.717) is 16.1 Å². The zero-order valence-corrected chi connectivity index (χ0v) is 11.6. The number of amides is 2. The normalized spacial score (nSPS) is 15.4. The van der Waals surface area contributed by atoms with E-state index in [2.05, 4.69) is 0 Å². The molecular formula is C16H12ClNO2. The number of rotatable bonds is 2. The van der Waals surface area contributed by atoms with Gasteiger partial charge in [0.25, 0.3) is 11.8 Å². The van der Waals surface area contributed by atoms with Crippen molar-refractivity contribution in [2.75, 3.05) is 0 Å². The molecule has 0 fully saturated rings. The summed E-state index contributed by atoms with van der Waals surface area (Å²) in [7, 11) is 0. The van der Waals surface area contributed by atoms with Crippen LogP contribution in [0.5, 0.6) is 0 Å². The predicted molar refractivity (Wildman–Crippen MR) is 76.8 cm³/mol. The van der Waals surface area contributed by atoms with E-state index in [9.17, 15) is 9.59 Å². The third-order valence-corrected chi connectivity index (χ3v) is 3.78. The molecule has 0 radical (unpaired) electrons. The summed E-state index contributed by atoms with van der Waals surface area (Å²) in [5.41, 5.74) is 1.77. The van der Waals surface area contributed by atoms with Crippen molar-refractivity contribution >= 4 is 23.4 Å². The van der Waals surface area contributed by atoms with Crippen LogP contribution in [0.3, 0.4) is 0 Å². The predicted octanol–water partition coefficient (Wildman–Crippen LogP) is 3.70. The van der Waals surface area contributed by atoms with Gasteiger partial charge in [0, 0.05) is 5.02 Å². The molecule has 4 heteroatoms. The molecule has 0 saturated heterocycles. The molecule has 0 aromatic heterocycles. The number of fused-ring (bicyclic) bond motifs is 1. The second kappa shape index (κ2) is 4.76. The van der Waals surface area contributed by atoms with E-state index in [0.717, 1.165) is 5.56 Å². The zero-order valence-electron chi connectivity index (χ0n) is 10.8. The van der Waals surface area contributed by atoms with Gasteiger partial charge in [-0.15, -0.1) is 0 Å². The third kappa shape index (κ3) is 1.91. The summed E-state index contributed by atoms with van der Waals surface area (Å²) < 4.78 is 0. The first-order valence-electron chi connectivity index (χ1n) is 6.32. The summed E-state index contributed by atoms with van der Waals surface area (Å²) in [5.74, 6) is -0.504. The third-order valence-electron chi connectivity index (χ3n) is 3.54. The molecule has 1 aliphatic heterocycles. The molecule has 0 N–H and O–H groups in total. The van der Waals surface area contributed by atoms with Gasteiger partial charge in [0.2, 0.25) is 0 Å². The molecule has 3 rings (SSSR count). The number of hydrogen-bond acceptors (Lipinski definition) is 2.